The molecular weight excluding hydrogens is 757 g/mol. The van der Waals surface area contributed by atoms with E-state index in [4.69, 9.17) is 9.47 Å². The third kappa shape index (κ3) is 11.9. The highest BCUT2D eigenvalue weighted by molar-refractivity contribution is 6.38. The Kier molecular flexibility index (Phi) is 15.6. The molecule has 4 N–H and O–H groups in total. The second-order valence-electron chi connectivity index (χ2n) is 15.6. The van der Waals surface area contributed by atoms with E-state index in [1.54, 1.807) is 75.6 Å². The highest BCUT2D eigenvalue weighted by atomic mass is 16.5. The Morgan fingerprint density at radius 2 is 1.71 bits per heavy atom. The van der Waals surface area contributed by atoms with Gasteiger partial charge in [-0.2, -0.15) is 0 Å². The summed E-state index contributed by atoms with van der Waals surface area (Å²) in [4.78, 5) is 97.9. The molecule has 0 aromatic heterocycles. The van der Waals surface area contributed by atoms with Gasteiger partial charge in [-0.05, 0) is 42.5 Å². The molecule has 2 aromatic carbocycles. The molecule has 15 heteroatoms. The van der Waals surface area contributed by atoms with Crippen LogP contribution in [0.5, 0.6) is 5.75 Å². The molecule has 0 radical (unpaired) electrons. The van der Waals surface area contributed by atoms with Crippen molar-refractivity contribution in [2.75, 3.05) is 33.8 Å². The molecule has 1 saturated heterocycles. The third-order valence-electron chi connectivity index (χ3n) is 10.7. The minimum absolute atomic E-state index is 0.0200. The number of amides is 6. The first kappa shape index (κ1) is 44.3. The Labute approximate surface area is 345 Å². The third-order valence-corrected chi connectivity index (χ3v) is 10.7. The number of rotatable bonds is 12. The van der Waals surface area contributed by atoms with Crippen molar-refractivity contribution < 1.29 is 43.0 Å². The van der Waals surface area contributed by atoms with Gasteiger partial charge in [0.15, 0.2) is 0 Å². The molecule has 15 nitrogen and oxygen atoms in total. The van der Waals surface area contributed by atoms with Gasteiger partial charge in [-0.1, -0.05) is 87.0 Å². The summed E-state index contributed by atoms with van der Waals surface area (Å²) in [5, 5.41) is 10.6. The number of hydrogen-bond donors (Lipinski definition) is 4. The minimum Gasteiger partial charge on any atom is -0.493 e. The van der Waals surface area contributed by atoms with Crippen molar-refractivity contribution in [3.63, 3.8) is 0 Å². The molecule has 0 saturated carbocycles. The zero-order valence-corrected chi connectivity index (χ0v) is 34.3. The smallest absolute Gasteiger partial charge is 0.290 e. The first-order chi connectivity index (χ1) is 28.2. The van der Waals surface area contributed by atoms with Gasteiger partial charge >= 0.3 is 0 Å². The molecule has 1 fully saturated rings. The lowest BCUT2D eigenvalue weighted by Crippen LogP contribution is -2.56. The first-order valence-electron chi connectivity index (χ1n) is 20.3. The lowest BCUT2D eigenvalue weighted by molar-refractivity contribution is -0.143. The molecule has 316 valence electrons. The Balaban J connectivity index is 1.31. The van der Waals surface area contributed by atoms with Crippen LogP contribution in [-0.4, -0.2) is 115 Å². The zero-order chi connectivity index (χ0) is 42.6. The number of carbonyl (C=O) groups is 7. The normalized spacial score (nSPS) is 24.2. The maximum absolute atomic E-state index is 14.5. The molecule has 3 unspecified atom stereocenters. The van der Waals surface area contributed by atoms with Crippen molar-refractivity contribution in [1.29, 1.82) is 0 Å². The minimum atomic E-state index is -1.27. The standard InChI is InChI=1S/C44H56N6O9/c1-6-13-34(40(53)42(55)45-25-37(52)48-39(43(56)49(4)5)33-19-11-10-14-27(33)2)46-41(54)35-24-32-26-50(35)44(57)38(30-16-8-7-9-17-30)47-36(51)23-29-15-12-18-31(22-29)58-21-20-28(3)59-32/h7-12,14-19,22,27-28,32-35,38-39H,6,13,20-21,23-26H2,1-5H3,(H,45,55)(H,46,54)(H,47,51)(H,48,52)/t27?,28-,32-,33?,34?,35+,38+,39+/m1/s1. The molecule has 2 aromatic rings. The van der Waals surface area contributed by atoms with Crippen molar-refractivity contribution >= 4 is 41.2 Å². The summed E-state index contributed by atoms with van der Waals surface area (Å²) < 4.78 is 12.3. The molecule has 2 aliphatic heterocycles. The van der Waals surface area contributed by atoms with E-state index >= 15 is 0 Å². The molecule has 1 aliphatic carbocycles. The zero-order valence-electron chi connectivity index (χ0n) is 34.3. The number of likely N-dealkylation sites (N-methyl/N-ethyl adjacent to an activating group) is 1. The van der Waals surface area contributed by atoms with Gasteiger partial charge in [-0.25, -0.2) is 0 Å². The van der Waals surface area contributed by atoms with Crippen LogP contribution in [0.1, 0.15) is 63.6 Å². The Morgan fingerprint density at radius 1 is 0.966 bits per heavy atom. The fraction of sp³-hybridized carbons (Fsp3) is 0.477. The van der Waals surface area contributed by atoms with Crippen LogP contribution in [-0.2, 0) is 44.7 Å². The van der Waals surface area contributed by atoms with E-state index in [9.17, 15) is 33.6 Å². The van der Waals surface area contributed by atoms with Crippen LogP contribution in [0.15, 0.2) is 78.9 Å². The van der Waals surface area contributed by atoms with Crippen LogP contribution in [0.25, 0.3) is 0 Å². The van der Waals surface area contributed by atoms with E-state index in [1.807, 2.05) is 38.1 Å². The van der Waals surface area contributed by atoms with Crippen LogP contribution >= 0.6 is 0 Å². The van der Waals surface area contributed by atoms with Gasteiger partial charge in [0.05, 0.1) is 37.8 Å². The summed E-state index contributed by atoms with van der Waals surface area (Å²) >= 11 is 0. The number of benzene rings is 2. The van der Waals surface area contributed by atoms with E-state index in [-0.39, 0.29) is 49.7 Å². The van der Waals surface area contributed by atoms with Gasteiger partial charge < -0.3 is 40.5 Å². The average Bonchev–Trinajstić information content (AvgIpc) is 3.64. The van der Waals surface area contributed by atoms with Crippen molar-refractivity contribution in [2.24, 2.45) is 11.8 Å². The second kappa shape index (κ2) is 20.7. The predicted molar refractivity (Wildman–Crippen MR) is 218 cm³/mol. The fourth-order valence-electron chi connectivity index (χ4n) is 7.58. The summed E-state index contributed by atoms with van der Waals surface area (Å²) in [6.45, 7) is 5.39. The van der Waals surface area contributed by atoms with Crippen LogP contribution in [0.4, 0.5) is 0 Å². The topological polar surface area (TPSA) is 193 Å². The average molecular weight is 813 g/mol. The highest BCUT2D eigenvalue weighted by Crippen LogP contribution is 2.28. The van der Waals surface area contributed by atoms with Crippen LogP contribution in [0, 0.1) is 11.8 Å². The fourth-order valence-corrected chi connectivity index (χ4v) is 7.58. The monoisotopic (exact) mass is 812 g/mol. The Morgan fingerprint density at radius 3 is 2.42 bits per heavy atom. The van der Waals surface area contributed by atoms with E-state index in [2.05, 4.69) is 21.3 Å². The van der Waals surface area contributed by atoms with Crippen molar-refractivity contribution in [2.45, 2.75) is 89.3 Å². The number of allylic oxidation sites excluding steroid dienone is 3. The van der Waals surface area contributed by atoms with Gasteiger partial charge in [-0.3, -0.25) is 33.6 Å². The van der Waals surface area contributed by atoms with E-state index < -0.39 is 72.1 Å². The van der Waals surface area contributed by atoms with Crippen molar-refractivity contribution in [3.8, 4) is 5.75 Å². The summed E-state index contributed by atoms with van der Waals surface area (Å²) in [7, 11) is 3.17. The van der Waals surface area contributed by atoms with Gasteiger partial charge in [0.25, 0.3) is 11.8 Å². The molecule has 2 heterocycles. The molecule has 5 rings (SSSR count). The lowest BCUT2D eigenvalue weighted by atomic mass is 9.83. The lowest BCUT2D eigenvalue weighted by Gasteiger charge is -2.31. The van der Waals surface area contributed by atoms with Crippen LogP contribution < -0.4 is 26.0 Å². The molecule has 8 atom stereocenters. The summed E-state index contributed by atoms with van der Waals surface area (Å²) in [6.07, 6.45) is 7.69. The maximum Gasteiger partial charge on any atom is 0.290 e. The van der Waals surface area contributed by atoms with Crippen LogP contribution in [0.3, 0.4) is 0 Å². The quantitative estimate of drug-likeness (QED) is 0.233. The maximum atomic E-state index is 14.5. The first-order valence-corrected chi connectivity index (χ1v) is 20.3. The van der Waals surface area contributed by atoms with E-state index in [1.165, 1.54) is 9.80 Å². The number of nitrogens with zero attached hydrogens (tertiary/aromatic N) is 2. The molecule has 6 amide bonds. The van der Waals surface area contributed by atoms with Crippen LogP contribution in [0.2, 0.25) is 0 Å². The predicted octanol–water partition coefficient (Wildman–Crippen LogP) is 2.17. The number of fused-ring (bicyclic) bond motifs is 4. The summed E-state index contributed by atoms with van der Waals surface area (Å²) in [5.74, 6) is -4.43. The van der Waals surface area contributed by atoms with Crippen molar-refractivity contribution in [3.05, 3.63) is 90.0 Å². The molecule has 0 spiro atoms. The van der Waals surface area contributed by atoms with Crippen molar-refractivity contribution in [1.82, 2.24) is 31.1 Å². The number of carbonyl (C=O) groups excluding carboxylic acids is 7. The van der Waals surface area contributed by atoms with Gasteiger partial charge in [-0.15, -0.1) is 0 Å². The summed E-state index contributed by atoms with van der Waals surface area (Å²) in [6, 6.07) is 11.5. The van der Waals surface area contributed by atoms with E-state index in [0.29, 0.717) is 36.3 Å². The second-order valence-corrected chi connectivity index (χ2v) is 15.6. The van der Waals surface area contributed by atoms with E-state index in [0.717, 1.165) is 0 Å². The molecule has 4 bridgehead atoms. The molecule has 59 heavy (non-hydrogen) atoms. The summed E-state index contributed by atoms with van der Waals surface area (Å²) in [5.41, 5.74) is 1.21. The largest absolute Gasteiger partial charge is 0.493 e. The highest BCUT2D eigenvalue weighted by Gasteiger charge is 2.44. The SMILES string of the molecule is CCCC(NC(=O)[C@@H]1C[C@@H]2CN1C(=O)[C@H](c1ccccc1)NC(=O)Cc1cccc(c1)OCC[C@@H](C)O2)C(=O)C(=O)NCC(=O)N[C@H](C(=O)N(C)C)C1C=CC=CC1C. The van der Waals surface area contributed by atoms with Gasteiger partial charge in [0.1, 0.15) is 23.9 Å². The number of ether oxygens (including phenoxy) is 2. The van der Waals surface area contributed by atoms with Gasteiger partial charge in [0, 0.05) is 39.4 Å². The molecule has 3 aliphatic rings. The number of Topliss-reactive ketones (excluding diaryl/α,β-unsaturated/α-hetero) is 1. The Bertz CT molecular complexity index is 1920. The molecular formula is C44H56N6O9. The Hall–Kier alpha value is -5.83. The number of ketones is 1. The number of nitrogens with one attached hydrogen (secondary N) is 4. The number of hydrogen-bond acceptors (Lipinski definition) is 9. The van der Waals surface area contributed by atoms with Gasteiger partial charge in [0.2, 0.25) is 29.4 Å².